The Morgan fingerprint density at radius 2 is 2.00 bits per heavy atom. The highest BCUT2D eigenvalue weighted by molar-refractivity contribution is 6.06. The van der Waals surface area contributed by atoms with Gasteiger partial charge in [0.25, 0.3) is 0 Å². The summed E-state index contributed by atoms with van der Waals surface area (Å²) in [7, 11) is 1.37. The van der Waals surface area contributed by atoms with Crippen LogP contribution in [0, 0.1) is 0 Å². The Hall–Kier alpha value is -2.44. The van der Waals surface area contributed by atoms with Gasteiger partial charge in [0.15, 0.2) is 12.1 Å². The molecular formula is C16H22N2O5. The van der Waals surface area contributed by atoms with Crippen LogP contribution in [-0.4, -0.2) is 42.4 Å². The van der Waals surface area contributed by atoms with Crippen molar-refractivity contribution < 1.29 is 23.9 Å². The predicted molar refractivity (Wildman–Crippen MR) is 84.1 cm³/mol. The summed E-state index contributed by atoms with van der Waals surface area (Å²) in [6.07, 6.45) is 1.85. The predicted octanol–water partition coefficient (Wildman–Crippen LogP) is 2.17. The van der Waals surface area contributed by atoms with Gasteiger partial charge in [0.05, 0.1) is 19.2 Å². The fourth-order valence-electron chi connectivity index (χ4n) is 1.97. The van der Waals surface area contributed by atoms with Gasteiger partial charge in [0, 0.05) is 11.8 Å². The highest BCUT2D eigenvalue weighted by Crippen LogP contribution is 2.22. The quantitative estimate of drug-likeness (QED) is 0.637. The molecule has 0 spiro atoms. The van der Waals surface area contributed by atoms with E-state index < -0.39 is 17.5 Å². The monoisotopic (exact) mass is 322 g/mol. The molecule has 1 N–H and O–H groups in total. The van der Waals surface area contributed by atoms with Crippen molar-refractivity contribution in [2.24, 2.45) is 0 Å². The number of rotatable bonds is 6. The third-order valence-corrected chi connectivity index (χ3v) is 2.92. The number of pyridine rings is 1. The number of aryl methyl sites for hydroxylation is 1. The highest BCUT2D eigenvalue weighted by Gasteiger charge is 2.22. The molecule has 7 nitrogen and oxygen atoms in total. The van der Waals surface area contributed by atoms with Gasteiger partial charge in [-0.1, -0.05) is 6.92 Å². The van der Waals surface area contributed by atoms with Crippen molar-refractivity contribution >= 4 is 18.2 Å². The molecule has 0 atom stereocenters. The first-order valence-electron chi connectivity index (χ1n) is 7.24. The number of nitrogens with one attached hydrogen (secondary N) is 1. The van der Waals surface area contributed by atoms with Crippen LogP contribution in [0.1, 0.15) is 54.0 Å². The smallest absolute Gasteiger partial charge is 0.408 e. The summed E-state index contributed by atoms with van der Waals surface area (Å²) in [6.45, 7) is 6.73. The number of carbonyl (C=O) groups excluding carboxylic acids is 3. The van der Waals surface area contributed by atoms with Crippen LogP contribution in [0.5, 0.6) is 5.88 Å². The van der Waals surface area contributed by atoms with Gasteiger partial charge >= 0.3 is 6.09 Å². The van der Waals surface area contributed by atoms with Crippen molar-refractivity contribution in [3.8, 4) is 5.88 Å². The number of amides is 1. The average Bonchev–Trinajstić information content (AvgIpc) is 2.49. The second-order valence-electron chi connectivity index (χ2n) is 5.83. The molecule has 1 heterocycles. The van der Waals surface area contributed by atoms with Crippen LogP contribution in [0.2, 0.25) is 0 Å². The number of Topliss-reactive ketones (excluding diaryl/α,β-unsaturated/α-hetero) is 1. The maximum atomic E-state index is 12.4. The summed E-state index contributed by atoms with van der Waals surface area (Å²) >= 11 is 0. The molecule has 1 aromatic rings. The fourth-order valence-corrected chi connectivity index (χ4v) is 1.97. The third kappa shape index (κ3) is 5.05. The van der Waals surface area contributed by atoms with E-state index in [1.807, 2.05) is 6.92 Å². The Labute approximate surface area is 135 Å². The molecule has 0 saturated carbocycles. The molecule has 0 bridgehead atoms. The number of alkyl carbamates (subject to hydrolysis) is 1. The molecule has 1 amide bonds. The molecule has 126 valence electrons. The van der Waals surface area contributed by atoms with E-state index in [1.165, 1.54) is 13.3 Å². The lowest BCUT2D eigenvalue weighted by molar-refractivity contribution is 0.0520. The van der Waals surface area contributed by atoms with E-state index >= 15 is 0 Å². The number of hydrogen-bond donors (Lipinski definition) is 1. The SMILES string of the molecule is CCc1cnc(OC)c(C=O)c1C(=O)CNC(=O)OC(C)(C)C. The number of ketones is 1. The molecule has 7 heteroatoms. The van der Waals surface area contributed by atoms with Crippen LogP contribution in [0.3, 0.4) is 0 Å². The van der Waals surface area contributed by atoms with Crippen molar-refractivity contribution in [3.63, 3.8) is 0 Å². The second kappa shape index (κ2) is 7.71. The van der Waals surface area contributed by atoms with E-state index in [1.54, 1.807) is 20.8 Å². The van der Waals surface area contributed by atoms with Crippen LogP contribution < -0.4 is 10.1 Å². The number of methoxy groups -OCH3 is 1. The normalized spacial score (nSPS) is 10.8. The Morgan fingerprint density at radius 1 is 1.35 bits per heavy atom. The number of nitrogens with zero attached hydrogens (tertiary/aromatic N) is 1. The minimum Gasteiger partial charge on any atom is -0.480 e. The van der Waals surface area contributed by atoms with Gasteiger partial charge in [0.2, 0.25) is 5.88 Å². The average molecular weight is 322 g/mol. The zero-order valence-corrected chi connectivity index (χ0v) is 14.1. The van der Waals surface area contributed by atoms with Gasteiger partial charge in [-0.25, -0.2) is 9.78 Å². The lowest BCUT2D eigenvalue weighted by Gasteiger charge is -2.19. The molecule has 0 saturated heterocycles. The molecular weight excluding hydrogens is 300 g/mol. The molecule has 23 heavy (non-hydrogen) atoms. The summed E-state index contributed by atoms with van der Waals surface area (Å²) in [5.74, 6) is -0.326. The number of carbonyl (C=O) groups is 3. The van der Waals surface area contributed by atoms with E-state index in [0.29, 0.717) is 18.3 Å². The van der Waals surface area contributed by atoms with E-state index in [9.17, 15) is 14.4 Å². The Bertz CT molecular complexity index is 605. The van der Waals surface area contributed by atoms with Crippen LogP contribution in [0.15, 0.2) is 6.20 Å². The molecule has 0 radical (unpaired) electrons. The van der Waals surface area contributed by atoms with Gasteiger partial charge in [0.1, 0.15) is 5.60 Å². The lowest BCUT2D eigenvalue weighted by Crippen LogP contribution is -2.36. The van der Waals surface area contributed by atoms with Crippen molar-refractivity contribution in [2.45, 2.75) is 39.7 Å². The van der Waals surface area contributed by atoms with Crippen LogP contribution >= 0.6 is 0 Å². The number of aromatic nitrogens is 1. The highest BCUT2D eigenvalue weighted by atomic mass is 16.6. The number of ether oxygens (including phenoxy) is 2. The maximum Gasteiger partial charge on any atom is 0.408 e. The Morgan fingerprint density at radius 3 is 2.48 bits per heavy atom. The molecule has 0 fully saturated rings. The van der Waals surface area contributed by atoms with E-state index in [4.69, 9.17) is 9.47 Å². The largest absolute Gasteiger partial charge is 0.480 e. The third-order valence-electron chi connectivity index (χ3n) is 2.92. The molecule has 1 aromatic heterocycles. The van der Waals surface area contributed by atoms with Crippen molar-refractivity contribution in [2.75, 3.05) is 13.7 Å². The van der Waals surface area contributed by atoms with Crippen LogP contribution in [-0.2, 0) is 11.2 Å². The zero-order chi connectivity index (χ0) is 17.6. The van der Waals surface area contributed by atoms with E-state index in [2.05, 4.69) is 10.3 Å². The van der Waals surface area contributed by atoms with Gasteiger partial charge in [-0.05, 0) is 32.8 Å². The first kappa shape index (κ1) is 18.6. The Balaban J connectivity index is 2.99. The van der Waals surface area contributed by atoms with Crippen molar-refractivity contribution in [1.29, 1.82) is 0 Å². The minimum absolute atomic E-state index is 0.0813. The topological polar surface area (TPSA) is 94.6 Å². The summed E-state index contributed by atoms with van der Waals surface area (Å²) in [5.41, 5.74) is 0.257. The van der Waals surface area contributed by atoms with Gasteiger partial charge in [-0.15, -0.1) is 0 Å². The summed E-state index contributed by atoms with van der Waals surface area (Å²) < 4.78 is 10.1. The molecule has 0 aliphatic rings. The molecule has 0 aromatic carbocycles. The maximum absolute atomic E-state index is 12.4. The van der Waals surface area contributed by atoms with E-state index in [0.717, 1.165) is 0 Å². The van der Waals surface area contributed by atoms with Crippen molar-refractivity contribution in [1.82, 2.24) is 10.3 Å². The molecule has 0 aliphatic carbocycles. The van der Waals surface area contributed by atoms with Crippen LogP contribution in [0.25, 0.3) is 0 Å². The standard InChI is InChI=1S/C16H22N2O5/c1-6-10-7-17-14(22-5)11(9-19)13(10)12(20)8-18-15(21)23-16(2,3)4/h7,9H,6,8H2,1-5H3,(H,18,21). The lowest BCUT2D eigenvalue weighted by atomic mass is 9.98. The van der Waals surface area contributed by atoms with Crippen molar-refractivity contribution in [3.05, 3.63) is 22.9 Å². The van der Waals surface area contributed by atoms with E-state index in [-0.39, 0.29) is 23.6 Å². The summed E-state index contributed by atoms with van der Waals surface area (Å²) in [4.78, 5) is 39.4. The van der Waals surface area contributed by atoms with Crippen LogP contribution in [0.4, 0.5) is 4.79 Å². The molecule has 0 aliphatic heterocycles. The zero-order valence-electron chi connectivity index (χ0n) is 14.1. The second-order valence-corrected chi connectivity index (χ2v) is 5.83. The van der Waals surface area contributed by atoms with Gasteiger partial charge in [-0.3, -0.25) is 9.59 Å². The first-order valence-corrected chi connectivity index (χ1v) is 7.24. The minimum atomic E-state index is -0.697. The molecule has 0 unspecified atom stereocenters. The summed E-state index contributed by atoms with van der Waals surface area (Å²) in [6, 6.07) is 0. The number of aldehydes is 1. The fraction of sp³-hybridized carbons (Fsp3) is 0.500. The molecule has 1 rings (SSSR count). The number of hydrogen-bond acceptors (Lipinski definition) is 6. The van der Waals surface area contributed by atoms with Gasteiger partial charge in [-0.2, -0.15) is 0 Å². The van der Waals surface area contributed by atoms with Gasteiger partial charge < -0.3 is 14.8 Å². The first-order chi connectivity index (χ1) is 10.7. The summed E-state index contributed by atoms with van der Waals surface area (Å²) in [5, 5.41) is 2.39. The Kier molecular flexibility index (Phi) is 6.24.